The Hall–Kier alpha value is -2.50. The summed E-state index contributed by atoms with van der Waals surface area (Å²) in [4.78, 5) is 32.3. The number of nitrogens with zero attached hydrogens (tertiary/aromatic N) is 2. The van der Waals surface area contributed by atoms with E-state index < -0.39 is 0 Å². The standard InChI is InChI=1S/C16H16N2O4/c19-12(5-6-13(20)16-17-7-2-8-18-16)11-3-1-4-14-15(11)22-10-9-21-14/h1,3-4,7H,2,5-6,8-10H2. The minimum Gasteiger partial charge on any atom is -0.486 e. The van der Waals surface area contributed by atoms with Crippen molar-refractivity contribution in [2.24, 2.45) is 9.98 Å². The van der Waals surface area contributed by atoms with Crippen molar-refractivity contribution in [3.8, 4) is 11.5 Å². The summed E-state index contributed by atoms with van der Waals surface area (Å²) in [6.45, 7) is 1.47. The quantitative estimate of drug-likeness (QED) is 0.778. The largest absolute Gasteiger partial charge is 0.486 e. The summed E-state index contributed by atoms with van der Waals surface area (Å²) in [6.07, 6.45) is 2.64. The zero-order valence-electron chi connectivity index (χ0n) is 12.1. The number of aliphatic imine (C=N–C) groups is 2. The van der Waals surface area contributed by atoms with E-state index in [2.05, 4.69) is 9.98 Å². The van der Waals surface area contributed by atoms with Crippen LogP contribution in [0.1, 0.15) is 29.6 Å². The fraction of sp³-hybridized carbons (Fsp3) is 0.375. The summed E-state index contributed by atoms with van der Waals surface area (Å²) >= 11 is 0. The molecule has 0 spiro atoms. The van der Waals surface area contributed by atoms with Crippen LogP contribution in [-0.2, 0) is 4.79 Å². The predicted molar refractivity (Wildman–Crippen MR) is 81.4 cm³/mol. The molecule has 0 saturated heterocycles. The third-order valence-corrected chi connectivity index (χ3v) is 3.43. The van der Waals surface area contributed by atoms with Gasteiger partial charge in [-0.25, -0.2) is 4.99 Å². The van der Waals surface area contributed by atoms with Crippen molar-refractivity contribution in [1.82, 2.24) is 0 Å². The number of benzene rings is 1. The van der Waals surface area contributed by atoms with Crippen LogP contribution in [0.3, 0.4) is 0 Å². The molecular weight excluding hydrogens is 284 g/mol. The Balaban J connectivity index is 1.66. The minimum atomic E-state index is -0.203. The first-order chi connectivity index (χ1) is 10.8. The molecule has 6 heteroatoms. The van der Waals surface area contributed by atoms with Gasteiger partial charge >= 0.3 is 0 Å². The summed E-state index contributed by atoms with van der Waals surface area (Å²) in [5.41, 5.74) is 0.457. The van der Waals surface area contributed by atoms with Crippen molar-refractivity contribution in [3.63, 3.8) is 0 Å². The molecule has 1 aromatic rings. The van der Waals surface area contributed by atoms with E-state index in [0.717, 1.165) is 6.42 Å². The zero-order chi connectivity index (χ0) is 15.4. The lowest BCUT2D eigenvalue weighted by atomic mass is 10.0. The average molecular weight is 300 g/mol. The number of carbonyl (C=O) groups excluding carboxylic acids is 2. The number of para-hydroxylation sites is 1. The Morgan fingerprint density at radius 2 is 1.91 bits per heavy atom. The van der Waals surface area contributed by atoms with E-state index in [1.54, 1.807) is 24.4 Å². The van der Waals surface area contributed by atoms with Gasteiger partial charge in [-0.2, -0.15) is 0 Å². The van der Waals surface area contributed by atoms with Gasteiger partial charge in [-0.15, -0.1) is 0 Å². The van der Waals surface area contributed by atoms with Crippen LogP contribution >= 0.6 is 0 Å². The van der Waals surface area contributed by atoms with Gasteiger partial charge in [0.1, 0.15) is 13.2 Å². The molecule has 0 aromatic heterocycles. The Kier molecular flexibility index (Phi) is 4.27. The molecule has 1 aromatic carbocycles. The topological polar surface area (TPSA) is 77.3 Å². The first kappa shape index (κ1) is 14.4. The lowest BCUT2D eigenvalue weighted by Gasteiger charge is -2.20. The van der Waals surface area contributed by atoms with Gasteiger partial charge in [-0.05, 0) is 12.1 Å². The maximum absolute atomic E-state index is 12.3. The van der Waals surface area contributed by atoms with E-state index in [9.17, 15) is 9.59 Å². The number of carbonyl (C=O) groups is 2. The first-order valence-electron chi connectivity index (χ1n) is 7.27. The molecule has 0 atom stereocenters. The number of rotatable bonds is 5. The fourth-order valence-corrected chi connectivity index (χ4v) is 2.35. The maximum Gasteiger partial charge on any atom is 0.200 e. The van der Waals surface area contributed by atoms with E-state index in [0.29, 0.717) is 36.8 Å². The van der Waals surface area contributed by atoms with Crippen LogP contribution in [0, 0.1) is 0 Å². The predicted octanol–water partition coefficient (Wildman–Crippen LogP) is 1.86. The molecule has 0 saturated carbocycles. The molecular formula is C16H16N2O4. The second-order valence-electron chi connectivity index (χ2n) is 4.98. The Morgan fingerprint density at radius 3 is 2.73 bits per heavy atom. The molecule has 0 fully saturated rings. The highest BCUT2D eigenvalue weighted by atomic mass is 16.6. The Bertz CT molecular complexity index is 664. The van der Waals surface area contributed by atoms with Gasteiger partial charge < -0.3 is 9.47 Å². The smallest absolute Gasteiger partial charge is 0.200 e. The first-order valence-corrected chi connectivity index (χ1v) is 7.27. The molecule has 2 heterocycles. The zero-order valence-corrected chi connectivity index (χ0v) is 12.1. The van der Waals surface area contributed by atoms with E-state index in [1.807, 2.05) is 0 Å². The van der Waals surface area contributed by atoms with Crippen LogP contribution in [0.5, 0.6) is 11.5 Å². The van der Waals surface area contributed by atoms with Gasteiger partial charge in [0, 0.05) is 32.0 Å². The molecule has 114 valence electrons. The number of hydrogen-bond acceptors (Lipinski definition) is 6. The van der Waals surface area contributed by atoms with Crippen LogP contribution < -0.4 is 9.47 Å². The molecule has 22 heavy (non-hydrogen) atoms. The second-order valence-corrected chi connectivity index (χ2v) is 4.98. The molecule has 2 aliphatic rings. The summed E-state index contributed by atoms with van der Waals surface area (Å²) in [5, 5.41) is 0. The van der Waals surface area contributed by atoms with E-state index in [-0.39, 0.29) is 30.2 Å². The Labute approximate surface area is 127 Å². The van der Waals surface area contributed by atoms with Gasteiger partial charge in [-0.1, -0.05) is 6.07 Å². The third-order valence-electron chi connectivity index (χ3n) is 3.43. The number of ether oxygens (including phenoxy) is 2. The third kappa shape index (κ3) is 3.05. The molecule has 3 rings (SSSR count). The number of ketones is 2. The SMILES string of the molecule is O=C(CCC(=O)c1cccc2c1OCCO2)C1=NCCC=N1. The molecule has 0 bridgehead atoms. The fourth-order valence-electron chi connectivity index (χ4n) is 2.35. The van der Waals surface area contributed by atoms with E-state index in [1.165, 1.54) is 0 Å². The number of fused-ring (bicyclic) bond motifs is 1. The van der Waals surface area contributed by atoms with E-state index >= 15 is 0 Å². The second kappa shape index (κ2) is 6.51. The normalized spacial score (nSPS) is 16.1. The van der Waals surface area contributed by atoms with Crippen LogP contribution in [0.2, 0.25) is 0 Å². The summed E-state index contributed by atoms with van der Waals surface area (Å²) < 4.78 is 11.0. The summed E-state index contributed by atoms with van der Waals surface area (Å²) in [6, 6.07) is 5.20. The monoisotopic (exact) mass is 300 g/mol. The average Bonchev–Trinajstić information content (AvgIpc) is 2.59. The van der Waals surface area contributed by atoms with Crippen LogP contribution in [0.25, 0.3) is 0 Å². The molecule has 0 aliphatic carbocycles. The van der Waals surface area contributed by atoms with Crippen LogP contribution in [0.4, 0.5) is 0 Å². The van der Waals surface area contributed by atoms with Crippen molar-refractivity contribution >= 4 is 23.6 Å². The van der Waals surface area contributed by atoms with Crippen molar-refractivity contribution in [3.05, 3.63) is 23.8 Å². The lowest BCUT2D eigenvalue weighted by Crippen LogP contribution is -2.19. The van der Waals surface area contributed by atoms with E-state index in [4.69, 9.17) is 9.47 Å². The van der Waals surface area contributed by atoms with Crippen molar-refractivity contribution in [1.29, 1.82) is 0 Å². The highest BCUT2D eigenvalue weighted by molar-refractivity contribution is 6.40. The van der Waals surface area contributed by atoms with Crippen molar-refractivity contribution in [2.75, 3.05) is 19.8 Å². The summed E-state index contributed by atoms with van der Waals surface area (Å²) in [7, 11) is 0. The lowest BCUT2D eigenvalue weighted by molar-refractivity contribution is -0.113. The maximum atomic E-state index is 12.3. The minimum absolute atomic E-state index is 0.0968. The van der Waals surface area contributed by atoms with Crippen LogP contribution in [-0.4, -0.2) is 43.4 Å². The van der Waals surface area contributed by atoms with Gasteiger partial charge in [-0.3, -0.25) is 14.6 Å². The molecule has 0 radical (unpaired) electrons. The summed E-state index contributed by atoms with van der Waals surface area (Å²) in [5.74, 6) is 0.917. The molecule has 2 aliphatic heterocycles. The molecule has 6 nitrogen and oxygen atoms in total. The number of amidine groups is 1. The van der Waals surface area contributed by atoms with Gasteiger partial charge in [0.2, 0.25) is 0 Å². The van der Waals surface area contributed by atoms with Crippen molar-refractivity contribution in [2.45, 2.75) is 19.3 Å². The molecule has 0 N–H and O–H groups in total. The van der Waals surface area contributed by atoms with Crippen molar-refractivity contribution < 1.29 is 19.1 Å². The van der Waals surface area contributed by atoms with Crippen LogP contribution in [0.15, 0.2) is 28.2 Å². The van der Waals surface area contributed by atoms with Gasteiger partial charge in [0.25, 0.3) is 0 Å². The van der Waals surface area contributed by atoms with Gasteiger partial charge in [0.05, 0.1) is 5.56 Å². The number of Topliss-reactive ketones (excluding diaryl/α,β-unsaturated/α-hetero) is 2. The highest BCUT2D eigenvalue weighted by Gasteiger charge is 2.21. The van der Waals surface area contributed by atoms with Gasteiger partial charge in [0.15, 0.2) is 28.9 Å². The highest BCUT2D eigenvalue weighted by Crippen LogP contribution is 2.34. The molecule has 0 unspecified atom stereocenters. The molecule has 0 amide bonds. The Morgan fingerprint density at radius 1 is 1.09 bits per heavy atom. The number of hydrogen-bond donors (Lipinski definition) is 0.